The van der Waals surface area contributed by atoms with Gasteiger partial charge < -0.3 is 20.1 Å². The molecule has 2 aliphatic rings. The van der Waals surface area contributed by atoms with Crippen LogP contribution in [0.25, 0.3) is 0 Å². The van der Waals surface area contributed by atoms with E-state index in [2.05, 4.69) is 12.2 Å². The number of aliphatic carboxylic acids is 1. The minimum atomic E-state index is -0.796. The van der Waals surface area contributed by atoms with Crippen LogP contribution in [-0.4, -0.2) is 77.4 Å². The van der Waals surface area contributed by atoms with Crippen LogP contribution in [0.1, 0.15) is 46.5 Å². The first-order valence-corrected chi connectivity index (χ1v) is 9.02. The summed E-state index contributed by atoms with van der Waals surface area (Å²) in [5, 5.41) is 12.0. The van der Waals surface area contributed by atoms with Crippen molar-refractivity contribution < 1.29 is 19.4 Å². The molecule has 1 heterocycles. The van der Waals surface area contributed by atoms with Crippen LogP contribution in [0.15, 0.2) is 0 Å². The van der Waals surface area contributed by atoms with Gasteiger partial charge in [-0.1, -0.05) is 6.92 Å². The number of likely N-dealkylation sites (tertiary alicyclic amines) is 1. The van der Waals surface area contributed by atoms with Crippen LogP contribution >= 0.6 is 0 Å². The highest BCUT2D eigenvalue weighted by Gasteiger charge is 2.37. The van der Waals surface area contributed by atoms with E-state index in [1.807, 2.05) is 23.6 Å². The summed E-state index contributed by atoms with van der Waals surface area (Å²) in [7, 11) is 0. The SMILES string of the molecule is CCOC1(C)CCN(C(=O)NC2CC(N(CC)CC(=O)O)C2)CC1. The number of ether oxygens (including phenoxy) is 1. The quantitative estimate of drug-likeness (QED) is 0.734. The summed E-state index contributed by atoms with van der Waals surface area (Å²) in [6, 6.07) is 0.419. The highest BCUT2D eigenvalue weighted by atomic mass is 16.5. The van der Waals surface area contributed by atoms with Crippen molar-refractivity contribution in [3.8, 4) is 0 Å². The lowest BCUT2D eigenvalue weighted by molar-refractivity contribution is -0.139. The van der Waals surface area contributed by atoms with Gasteiger partial charge in [0.2, 0.25) is 0 Å². The number of carbonyl (C=O) groups excluding carboxylic acids is 1. The number of urea groups is 1. The summed E-state index contributed by atoms with van der Waals surface area (Å²) in [4.78, 5) is 27.0. The Balaban J connectivity index is 1.71. The lowest BCUT2D eigenvalue weighted by Gasteiger charge is -2.44. The number of carboxylic acids is 1. The molecule has 1 saturated carbocycles. The molecule has 1 saturated heterocycles. The molecule has 2 amide bonds. The van der Waals surface area contributed by atoms with Crippen molar-refractivity contribution in [2.45, 2.75) is 64.1 Å². The van der Waals surface area contributed by atoms with Crippen LogP contribution in [0.4, 0.5) is 4.79 Å². The zero-order valence-corrected chi connectivity index (χ0v) is 15.1. The topological polar surface area (TPSA) is 82.1 Å². The number of nitrogens with one attached hydrogen (secondary N) is 1. The fourth-order valence-electron chi connectivity index (χ4n) is 3.62. The fraction of sp³-hybridized carbons (Fsp3) is 0.882. The number of likely N-dealkylation sites (N-methyl/N-ethyl adjacent to an activating group) is 1. The zero-order valence-electron chi connectivity index (χ0n) is 15.1. The molecule has 0 radical (unpaired) electrons. The van der Waals surface area contributed by atoms with Crippen molar-refractivity contribution in [1.82, 2.24) is 15.1 Å². The van der Waals surface area contributed by atoms with Crippen molar-refractivity contribution in [2.24, 2.45) is 0 Å². The number of carbonyl (C=O) groups is 2. The van der Waals surface area contributed by atoms with Crippen molar-refractivity contribution in [3.63, 3.8) is 0 Å². The molecular weight excluding hydrogens is 310 g/mol. The summed E-state index contributed by atoms with van der Waals surface area (Å²) < 4.78 is 5.78. The average molecular weight is 341 g/mol. The Bertz CT molecular complexity index is 443. The maximum Gasteiger partial charge on any atom is 0.317 e. The Morgan fingerprint density at radius 3 is 2.42 bits per heavy atom. The number of amides is 2. The molecule has 0 bridgehead atoms. The summed E-state index contributed by atoms with van der Waals surface area (Å²) >= 11 is 0. The van der Waals surface area contributed by atoms with Gasteiger partial charge in [0.05, 0.1) is 12.1 Å². The second kappa shape index (κ2) is 8.16. The second-order valence-electron chi connectivity index (χ2n) is 7.10. The molecule has 24 heavy (non-hydrogen) atoms. The van der Waals surface area contributed by atoms with Gasteiger partial charge >= 0.3 is 12.0 Å². The minimum Gasteiger partial charge on any atom is -0.480 e. The molecule has 7 heteroatoms. The van der Waals surface area contributed by atoms with Crippen molar-refractivity contribution in [3.05, 3.63) is 0 Å². The molecule has 2 rings (SSSR count). The van der Waals surface area contributed by atoms with E-state index in [0.717, 1.165) is 45.3 Å². The smallest absolute Gasteiger partial charge is 0.317 e. The molecule has 1 aliphatic carbocycles. The van der Waals surface area contributed by atoms with Gasteiger partial charge in [-0.3, -0.25) is 9.69 Å². The van der Waals surface area contributed by atoms with E-state index in [1.54, 1.807) is 0 Å². The van der Waals surface area contributed by atoms with Gasteiger partial charge in [0.1, 0.15) is 0 Å². The molecule has 0 aromatic heterocycles. The van der Waals surface area contributed by atoms with Crippen molar-refractivity contribution in [1.29, 1.82) is 0 Å². The number of hydrogen-bond donors (Lipinski definition) is 2. The molecule has 7 nitrogen and oxygen atoms in total. The first-order valence-electron chi connectivity index (χ1n) is 9.02. The number of hydrogen-bond acceptors (Lipinski definition) is 4. The number of piperidine rings is 1. The highest BCUT2D eigenvalue weighted by molar-refractivity contribution is 5.74. The van der Waals surface area contributed by atoms with Gasteiger partial charge in [0, 0.05) is 31.8 Å². The monoisotopic (exact) mass is 341 g/mol. The normalized spacial score (nSPS) is 26.1. The van der Waals surface area contributed by atoms with E-state index in [9.17, 15) is 9.59 Å². The fourth-order valence-corrected chi connectivity index (χ4v) is 3.62. The molecule has 1 aliphatic heterocycles. The lowest BCUT2D eigenvalue weighted by Crippen LogP contribution is -2.58. The van der Waals surface area contributed by atoms with Crippen molar-refractivity contribution >= 4 is 12.0 Å². The van der Waals surface area contributed by atoms with Gasteiger partial charge in [-0.15, -0.1) is 0 Å². The molecule has 0 atom stereocenters. The molecular formula is C17H31N3O4. The molecule has 2 N–H and O–H groups in total. The van der Waals surface area contributed by atoms with Crippen LogP contribution in [0.2, 0.25) is 0 Å². The van der Waals surface area contributed by atoms with E-state index < -0.39 is 5.97 Å². The molecule has 138 valence electrons. The molecule has 0 spiro atoms. The van der Waals surface area contributed by atoms with Gasteiger partial charge in [0.25, 0.3) is 0 Å². The first kappa shape index (κ1) is 19.0. The Kier molecular flexibility index (Phi) is 6.46. The molecule has 0 aromatic rings. The van der Waals surface area contributed by atoms with Gasteiger partial charge in [-0.05, 0) is 46.1 Å². The third-order valence-corrected chi connectivity index (χ3v) is 5.30. The van der Waals surface area contributed by atoms with E-state index in [-0.39, 0.29) is 30.3 Å². The Hall–Kier alpha value is -1.34. The summed E-state index contributed by atoms with van der Waals surface area (Å²) in [5.74, 6) is -0.796. The maximum absolute atomic E-state index is 12.4. The van der Waals surface area contributed by atoms with Gasteiger partial charge in [-0.2, -0.15) is 0 Å². The lowest BCUT2D eigenvalue weighted by atomic mass is 9.85. The highest BCUT2D eigenvalue weighted by Crippen LogP contribution is 2.28. The van der Waals surface area contributed by atoms with Crippen LogP contribution in [0.5, 0.6) is 0 Å². The van der Waals surface area contributed by atoms with Crippen molar-refractivity contribution in [2.75, 3.05) is 32.8 Å². The predicted molar refractivity (Wildman–Crippen MR) is 91.1 cm³/mol. The minimum absolute atomic E-state index is 0.00159. The summed E-state index contributed by atoms with van der Waals surface area (Å²) in [5.41, 5.74) is -0.106. The largest absolute Gasteiger partial charge is 0.480 e. The Labute approximate surface area is 144 Å². The van der Waals surface area contributed by atoms with Crippen LogP contribution in [0.3, 0.4) is 0 Å². The number of rotatable bonds is 7. The van der Waals surface area contributed by atoms with Crippen LogP contribution in [-0.2, 0) is 9.53 Å². The Morgan fingerprint density at radius 2 is 1.92 bits per heavy atom. The summed E-state index contributed by atoms with van der Waals surface area (Å²) in [6.07, 6.45) is 3.39. The van der Waals surface area contributed by atoms with E-state index in [0.29, 0.717) is 6.61 Å². The third kappa shape index (κ3) is 4.83. The zero-order chi connectivity index (χ0) is 17.7. The summed E-state index contributed by atoms with van der Waals surface area (Å²) in [6.45, 7) is 9.03. The average Bonchev–Trinajstić information content (AvgIpc) is 2.48. The number of nitrogens with zero attached hydrogens (tertiary/aromatic N) is 2. The maximum atomic E-state index is 12.4. The first-order chi connectivity index (χ1) is 11.4. The van der Waals surface area contributed by atoms with E-state index >= 15 is 0 Å². The number of carboxylic acid groups (broad SMARTS) is 1. The predicted octanol–water partition coefficient (Wildman–Crippen LogP) is 1.52. The molecule has 0 aromatic carbocycles. The van der Waals surface area contributed by atoms with Gasteiger partial charge in [-0.25, -0.2) is 4.79 Å². The molecule has 0 unspecified atom stereocenters. The van der Waals surface area contributed by atoms with Crippen LogP contribution in [0, 0.1) is 0 Å². The second-order valence-corrected chi connectivity index (χ2v) is 7.10. The standard InChI is InChI=1S/C17H31N3O4/c1-4-19(12-15(21)22)14-10-13(11-14)18-16(23)20-8-6-17(3,7-9-20)24-5-2/h13-14H,4-12H2,1-3H3,(H,18,23)(H,21,22). The van der Waals surface area contributed by atoms with E-state index in [1.165, 1.54) is 0 Å². The molecule has 2 fully saturated rings. The van der Waals surface area contributed by atoms with Gasteiger partial charge in [0.15, 0.2) is 0 Å². The van der Waals surface area contributed by atoms with E-state index in [4.69, 9.17) is 9.84 Å². The Morgan fingerprint density at radius 1 is 1.29 bits per heavy atom. The third-order valence-electron chi connectivity index (χ3n) is 5.30. The van der Waals surface area contributed by atoms with Crippen LogP contribution < -0.4 is 5.32 Å².